The fourth-order valence-electron chi connectivity index (χ4n) is 2.55. The lowest BCUT2D eigenvalue weighted by molar-refractivity contribution is 0.0685. The molecule has 0 radical (unpaired) electrons. The summed E-state index contributed by atoms with van der Waals surface area (Å²) in [7, 11) is 3.86. The van der Waals surface area contributed by atoms with E-state index in [0.717, 1.165) is 62.4 Å². The second kappa shape index (κ2) is 8.68. The van der Waals surface area contributed by atoms with Crippen molar-refractivity contribution < 1.29 is 9.47 Å². The van der Waals surface area contributed by atoms with Crippen LogP contribution < -0.4 is 10.2 Å². The number of methoxy groups -OCH3 is 1. The number of aromatic nitrogens is 1. The molecule has 2 heterocycles. The number of ether oxygens (including phenoxy) is 2. The highest BCUT2D eigenvalue weighted by atomic mass is 32.1. The van der Waals surface area contributed by atoms with Crippen LogP contribution >= 0.6 is 11.3 Å². The molecule has 2 rings (SSSR count). The number of rotatable bonds is 8. The molecule has 1 saturated heterocycles. The first-order valence-corrected chi connectivity index (χ1v) is 8.53. The standard InChI is InChI=1S/C15H27N3O2S/c1-4-16-9-14-13(11-19-3)17-15(21-14)18(2)10-12-5-7-20-8-6-12/h12,16H,4-11H2,1-3H3. The smallest absolute Gasteiger partial charge is 0.185 e. The predicted molar refractivity (Wildman–Crippen MR) is 87.0 cm³/mol. The van der Waals surface area contributed by atoms with E-state index in [9.17, 15) is 0 Å². The average Bonchev–Trinajstić information content (AvgIpc) is 2.90. The molecule has 0 aromatic carbocycles. The van der Waals surface area contributed by atoms with Crippen molar-refractivity contribution >= 4 is 16.5 Å². The van der Waals surface area contributed by atoms with Gasteiger partial charge in [-0.15, -0.1) is 11.3 Å². The van der Waals surface area contributed by atoms with Crippen LogP contribution in [0, 0.1) is 5.92 Å². The van der Waals surface area contributed by atoms with Gasteiger partial charge in [-0.25, -0.2) is 4.98 Å². The minimum absolute atomic E-state index is 0.586. The van der Waals surface area contributed by atoms with E-state index >= 15 is 0 Å². The number of hydrogen-bond acceptors (Lipinski definition) is 6. The Balaban J connectivity index is 1.99. The van der Waals surface area contributed by atoms with E-state index in [4.69, 9.17) is 14.5 Å². The molecular weight excluding hydrogens is 286 g/mol. The van der Waals surface area contributed by atoms with Gasteiger partial charge in [-0.2, -0.15) is 0 Å². The molecule has 0 atom stereocenters. The van der Waals surface area contributed by atoms with Gasteiger partial charge in [0.15, 0.2) is 5.13 Å². The third-order valence-electron chi connectivity index (χ3n) is 3.78. The van der Waals surface area contributed by atoms with Crippen LogP contribution in [0.5, 0.6) is 0 Å². The summed E-state index contributed by atoms with van der Waals surface area (Å²) in [5.74, 6) is 0.718. The summed E-state index contributed by atoms with van der Waals surface area (Å²) >= 11 is 1.78. The highest BCUT2D eigenvalue weighted by Gasteiger charge is 2.19. The highest BCUT2D eigenvalue weighted by Crippen LogP contribution is 2.28. The van der Waals surface area contributed by atoms with Crippen molar-refractivity contribution in [3.05, 3.63) is 10.6 Å². The van der Waals surface area contributed by atoms with Crippen LogP contribution in [0.4, 0.5) is 5.13 Å². The van der Waals surface area contributed by atoms with Crippen molar-refractivity contribution in [2.24, 2.45) is 5.92 Å². The monoisotopic (exact) mass is 313 g/mol. The largest absolute Gasteiger partial charge is 0.381 e. The third-order valence-corrected chi connectivity index (χ3v) is 4.99. The van der Waals surface area contributed by atoms with Gasteiger partial charge in [-0.1, -0.05) is 6.92 Å². The Morgan fingerprint density at radius 2 is 2.19 bits per heavy atom. The van der Waals surface area contributed by atoms with Crippen molar-refractivity contribution in [3.63, 3.8) is 0 Å². The summed E-state index contributed by atoms with van der Waals surface area (Å²) < 4.78 is 10.7. The second-order valence-electron chi connectivity index (χ2n) is 5.52. The Morgan fingerprint density at radius 3 is 2.86 bits per heavy atom. The number of nitrogens with zero attached hydrogens (tertiary/aromatic N) is 2. The Labute approximate surface area is 131 Å². The molecule has 0 spiro atoms. The summed E-state index contributed by atoms with van der Waals surface area (Å²) in [5.41, 5.74) is 1.07. The number of thiazole rings is 1. The van der Waals surface area contributed by atoms with Crippen LogP contribution in [0.2, 0.25) is 0 Å². The molecule has 1 N–H and O–H groups in total. The van der Waals surface area contributed by atoms with Crippen LogP contribution in [0.1, 0.15) is 30.3 Å². The molecule has 0 unspecified atom stereocenters. The Kier molecular flexibility index (Phi) is 6.89. The quantitative estimate of drug-likeness (QED) is 0.798. The maximum atomic E-state index is 5.43. The maximum Gasteiger partial charge on any atom is 0.185 e. The van der Waals surface area contributed by atoms with Crippen LogP contribution in [0.3, 0.4) is 0 Å². The lowest BCUT2D eigenvalue weighted by atomic mass is 10.0. The lowest BCUT2D eigenvalue weighted by Crippen LogP contribution is -2.29. The van der Waals surface area contributed by atoms with E-state index in [-0.39, 0.29) is 0 Å². The van der Waals surface area contributed by atoms with E-state index in [2.05, 4.69) is 24.2 Å². The minimum atomic E-state index is 0.586. The van der Waals surface area contributed by atoms with Crippen LogP contribution in [0.25, 0.3) is 0 Å². The molecule has 0 bridgehead atoms. The summed E-state index contributed by atoms with van der Waals surface area (Å²) in [6.07, 6.45) is 2.32. The molecule has 1 aliphatic rings. The molecule has 1 aliphatic heterocycles. The zero-order valence-corrected chi connectivity index (χ0v) is 14.2. The van der Waals surface area contributed by atoms with Gasteiger partial charge in [0.25, 0.3) is 0 Å². The van der Waals surface area contributed by atoms with Crippen LogP contribution in [-0.2, 0) is 22.6 Å². The first kappa shape index (κ1) is 16.7. The van der Waals surface area contributed by atoms with Gasteiger partial charge >= 0.3 is 0 Å². The fourth-order valence-corrected chi connectivity index (χ4v) is 3.56. The zero-order valence-electron chi connectivity index (χ0n) is 13.4. The van der Waals surface area contributed by atoms with Gasteiger partial charge in [-0.05, 0) is 25.3 Å². The van der Waals surface area contributed by atoms with Crippen molar-refractivity contribution in [1.29, 1.82) is 0 Å². The van der Waals surface area contributed by atoms with Gasteiger partial charge in [0, 0.05) is 45.3 Å². The topological polar surface area (TPSA) is 46.6 Å². The lowest BCUT2D eigenvalue weighted by Gasteiger charge is -2.26. The van der Waals surface area contributed by atoms with E-state index in [1.54, 1.807) is 18.4 Å². The van der Waals surface area contributed by atoms with Gasteiger partial charge in [0.2, 0.25) is 0 Å². The van der Waals surface area contributed by atoms with Crippen molar-refractivity contribution in [2.45, 2.75) is 32.9 Å². The van der Waals surface area contributed by atoms with Gasteiger partial charge in [-0.3, -0.25) is 0 Å². The molecule has 1 aromatic rings. The Bertz CT molecular complexity index is 419. The van der Waals surface area contributed by atoms with E-state index in [1.165, 1.54) is 4.88 Å². The molecule has 0 aliphatic carbocycles. The molecule has 120 valence electrons. The van der Waals surface area contributed by atoms with E-state index in [0.29, 0.717) is 6.61 Å². The molecule has 5 nitrogen and oxygen atoms in total. The normalized spacial score (nSPS) is 16.3. The van der Waals surface area contributed by atoms with Gasteiger partial charge < -0.3 is 19.7 Å². The summed E-state index contributed by atoms with van der Waals surface area (Å²) in [5, 5.41) is 4.48. The Hall–Kier alpha value is -0.690. The number of hydrogen-bond donors (Lipinski definition) is 1. The second-order valence-corrected chi connectivity index (χ2v) is 6.58. The predicted octanol–water partition coefficient (Wildman–Crippen LogP) is 2.26. The Morgan fingerprint density at radius 1 is 1.43 bits per heavy atom. The molecule has 21 heavy (non-hydrogen) atoms. The molecule has 6 heteroatoms. The minimum Gasteiger partial charge on any atom is -0.381 e. The molecular formula is C15H27N3O2S. The molecule has 1 aromatic heterocycles. The SMILES string of the molecule is CCNCc1sc(N(C)CC2CCOCC2)nc1COC. The average molecular weight is 313 g/mol. The zero-order chi connectivity index (χ0) is 15.1. The van der Waals surface area contributed by atoms with Crippen molar-refractivity contribution in [2.75, 3.05) is 45.4 Å². The maximum absolute atomic E-state index is 5.43. The van der Waals surface area contributed by atoms with Crippen molar-refractivity contribution in [3.8, 4) is 0 Å². The number of nitrogens with one attached hydrogen (secondary N) is 1. The molecule has 0 amide bonds. The molecule has 1 fully saturated rings. The van der Waals surface area contributed by atoms with Crippen LogP contribution in [-0.4, -0.2) is 45.4 Å². The van der Waals surface area contributed by atoms with E-state index in [1.807, 2.05) is 0 Å². The van der Waals surface area contributed by atoms with Crippen LogP contribution in [0.15, 0.2) is 0 Å². The van der Waals surface area contributed by atoms with E-state index < -0.39 is 0 Å². The fraction of sp³-hybridized carbons (Fsp3) is 0.800. The molecule has 0 saturated carbocycles. The first-order chi connectivity index (χ1) is 10.2. The number of anilines is 1. The van der Waals surface area contributed by atoms with Crippen molar-refractivity contribution in [1.82, 2.24) is 10.3 Å². The third kappa shape index (κ3) is 4.92. The summed E-state index contributed by atoms with van der Waals surface area (Å²) in [6, 6.07) is 0. The summed E-state index contributed by atoms with van der Waals surface area (Å²) in [6.45, 7) is 7.41. The highest BCUT2D eigenvalue weighted by molar-refractivity contribution is 7.15. The summed E-state index contributed by atoms with van der Waals surface area (Å²) in [4.78, 5) is 8.34. The first-order valence-electron chi connectivity index (χ1n) is 7.71. The van der Waals surface area contributed by atoms with Gasteiger partial charge in [0.1, 0.15) is 0 Å². The van der Waals surface area contributed by atoms with Gasteiger partial charge in [0.05, 0.1) is 12.3 Å².